The maximum Gasteiger partial charge on any atom is 0.223 e. The van der Waals surface area contributed by atoms with E-state index in [2.05, 4.69) is 17.4 Å². The molecule has 0 fully saturated rings. The van der Waals surface area contributed by atoms with Gasteiger partial charge in [-0.1, -0.05) is 79.7 Å². The van der Waals surface area contributed by atoms with Crippen molar-refractivity contribution in [1.82, 2.24) is 5.32 Å². The molecule has 1 unspecified atom stereocenters. The second kappa shape index (κ2) is 8.80. The molecule has 0 aromatic heterocycles. The molecule has 3 rings (SSSR count). The summed E-state index contributed by atoms with van der Waals surface area (Å²) < 4.78 is 0. The van der Waals surface area contributed by atoms with Crippen LogP contribution in [0.4, 0.5) is 0 Å². The van der Waals surface area contributed by atoms with Crippen molar-refractivity contribution in [2.45, 2.75) is 32.0 Å². The van der Waals surface area contributed by atoms with Gasteiger partial charge in [0.1, 0.15) is 6.23 Å². The second-order valence-electron chi connectivity index (χ2n) is 7.08. The standard InChI is InChI=1S/C23H26N2O2/c1-16(13-17-7-3-2-4-8-17)23(27)25-21(22(24)26)15-18-11-12-19-9-5-6-10-20(19)14-18/h2-12,14,16,21-22,26H,13,15,24H2,1H3,(H,25,27)/t16-,21+,22?/m1/s1. The van der Waals surface area contributed by atoms with Gasteiger partial charge in [-0.05, 0) is 34.7 Å². The maximum atomic E-state index is 12.6. The highest BCUT2D eigenvalue weighted by Crippen LogP contribution is 2.17. The summed E-state index contributed by atoms with van der Waals surface area (Å²) in [6.45, 7) is 1.89. The molecule has 0 heterocycles. The number of carbonyl (C=O) groups is 1. The van der Waals surface area contributed by atoms with Gasteiger partial charge < -0.3 is 16.2 Å². The number of amides is 1. The maximum absolute atomic E-state index is 12.6. The van der Waals surface area contributed by atoms with Gasteiger partial charge in [0.15, 0.2) is 0 Å². The van der Waals surface area contributed by atoms with Crippen molar-refractivity contribution in [2.24, 2.45) is 11.7 Å². The van der Waals surface area contributed by atoms with Crippen LogP contribution in [0.5, 0.6) is 0 Å². The number of carbonyl (C=O) groups excluding carboxylic acids is 1. The number of benzene rings is 3. The minimum atomic E-state index is -1.12. The molecule has 0 saturated heterocycles. The van der Waals surface area contributed by atoms with Crippen LogP contribution in [0.1, 0.15) is 18.1 Å². The van der Waals surface area contributed by atoms with E-state index < -0.39 is 12.3 Å². The van der Waals surface area contributed by atoms with E-state index in [1.165, 1.54) is 0 Å². The molecule has 3 atom stereocenters. The third kappa shape index (κ3) is 5.16. The highest BCUT2D eigenvalue weighted by Gasteiger charge is 2.22. The van der Waals surface area contributed by atoms with Gasteiger partial charge in [0.2, 0.25) is 5.91 Å². The monoisotopic (exact) mass is 362 g/mol. The Hall–Kier alpha value is -2.69. The van der Waals surface area contributed by atoms with Crippen molar-refractivity contribution in [3.63, 3.8) is 0 Å². The number of fused-ring (bicyclic) bond motifs is 1. The van der Waals surface area contributed by atoms with Crippen LogP contribution < -0.4 is 11.1 Å². The molecular formula is C23H26N2O2. The summed E-state index contributed by atoms with van der Waals surface area (Å²) in [6, 6.07) is 23.6. The SMILES string of the molecule is C[C@H](Cc1ccccc1)C(=O)N[C@@H](Cc1ccc2ccccc2c1)C(N)O. The zero-order valence-electron chi connectivity index (χ0n) is 15.5. The average Bonchev–Trinajstić information content (AvgIpc) is 2.68. The van der Waals surface area contributed by atoms with Crippen LogP contribution in [0, 0.1) is 5.92 Å². The molecule has 0 bridgehead atoms. The van der Waals surface area contributed by atoms with Crippen LogP contribution in [0.2, 0.25) is 0 Å². The molecule has 4 heteroatoms. The van der Waals surface area contributed by atoms with Crippen LogP contribution >= 0.6 is 0 Å². The lowest BCUT2D eigenvalue weighted by Gasteiger charge is -2.23. The fourth-order valence-electron chi connectivity index (χ4n) is 3.26. The fourth-order valence-corrected chi connectivity index (χ4v) is 3.26. The van der Waals surface area contributed by atoms with Gasteiger partial charge in [-0.15, -0.1) is 0 Å². The number of hydrogen-bond donors (Lipinski definition) is 3. The van der Waals surface area contributed by atoms with Crippen molar-refractivity contribution in [1.29, 1.82) is 0 Å². The van der Waals surface area contributed by atoms with Crippen LogP contribution in [-0.4, -0.2) is 23.3 Å². The average molecular weight is 362 g/mol. The zero-order valence-corrected chi connectivity index (χ0v) is 15.5. The van der Waals surface area contributed by atoms with E-state index in [9.17, 15) is 9.90 Å². The van der Waals surface area contributed by atoms with Crippen molar-refractivity contribution in [2.75, 3.05) is 0 Å². The van der Waals surface area contributed by atoms with E-state index in [0.717, 1.165) is 21.9 Å². The molecule has 0 saturated carbocycles. The van der Waals surface area contributed by atoms with E-state index in [4.69, 9.17) is 5.73 Å². The second-order valence-corrected chi connectivity index (χ2v) is 7.08. The van der Waals surface area contributed by atoms with Gasteiger partial charge in [0.25, 0.3) is 0 Å². The Morgan fingerprint density at radius 3 is 2.30 bits per heavy atom. The summed E-state index contributed by atoms with van der Waals surface area (Å²) in [5, 5.41) is 15.2. The van der Waals surface area contributed by atoms with Crippen LogP contribution in [-0.2, 0) is 17.6 Å². The normalized spacial score (nSPS) is 14.5. The molecule has 0 aliphatic heterocycles. The van der Waals surface area contributed by atoms with Gasteiger partial charge in [-0.25, -0.2) is 0 Å². The lowest BCUT2D eigenvalue weighted by Crippen LogP contribution is -2.50. The fraction of sp³-hybridized carbons (Fsp3) is 0.261. The lowest BCUT2D eigenvalue weighted by molar-refractivity contribution is -0.126. The van der Waals surface area contributed by atoms with Gasteiger partial charge in [0.05, 0.1) is 6.04 Å². The highest BCUT2D eigenvalue weighted by atomic mass is 16.3. The summed E-state index contributed by atoms with van der Waals surface area (Å²) in [5.41, 5.74) is 7.88. The highest BCUT2D eigenvalue weighted by molar-refractivity contribution is 5.83. The zero-order chi connectivity index (χ0) is 19.2. The van der Waals surface area contributed by atoms with Gasteiger partial charge in [-0.2, -0.15) is 0 Å². The molecule has 3 aromatic carbocycles. The molecule has 140 valence electrons. The van der Waals surface area contributed by atoms with Crippen molar-refractivity contribution < 1.29 is 9.90 Å². The molecule has 0 aliphatic rings. The largest absolute Gasteiger partial charge is 0.377 e. The molecule has 0 radical (unpaired) electrons. The Balaban J connectivity index is 1.66. The van der Waals surface area contributed by atoms with Crippen molar-refractivity contribution in [3.05, 3.63) is 83.9 Å². The number of aliphatic hydroxyl groups excluding tert-OH is 1. The molecule has 0 aliphatic carbocycles. The quantitative estimate of drug-likeness (QED) is 0.566. The summed E-state index contributed by atoms with van der Waals surface area (Å²) in [7, 11) is 0. The van der Waals surface area contributed by atoms with Gasteiger partial charge in [0, 0.05) is 5.92 Å². The molecular weight excluding hydrogens is 336 g/mol. The third-order valence-corrected chi connectivity index (χ3v) is 4.84. The minimum absolute atomic E-state index is 0.103. The Morgan fingerprint density at radius 2 is 1.59 bits per heavy atom. The molecule has 0 spiro atoms. The first-order chi connectivity index (χ1) is 13.0. The van der Waals surface area contributed by atoms with E-state index >= 15 is 0 Å². The number of aliphatic hydroxyl groups is 1. The van der Waals surface area contributed by atoms with E-state index in [1.54, 1.807) is 0 Å². The van der Waals surface area contributed by atoms with Gasteiger partial charge in [-0.3, -0.25) is 4.79 Å². The number of hydrogen-bond acceptors (Lipinski definition) is 3. The Labute approximate surface area is 160 Å². The van der Waals surface area contributed by atoms with Crippen molar-refractivity contribution >= 4 is 16.7 Å². The Kier molecular flexibility index (Phi) is 6.22. The summed E-state index contributed by atoms with van der Waals surface area (Å²) in [5.74, 6) is -0.306. The number of rotatable bonds is 7. The molecule has 4 N–H and O–H groups in total. The molecule has 4 nitrogen and oxygen atoms in total. The van der Waals surface area contributed by atoms with Crippen LogP contribution in [0.3, 0.4) is 0 Å². The minimum Gasteiger partial charge on any atom is -0.377 e. The topological polar surface area (TPSA) is 75.4 Å². The van der Waals surface area contributed by atoms with Crippen LogP contribution in [0.15, 0.2) is 72.8 Å². The predicted octanol–water partition coefficient (Wildman–Crippen LogP) is 3.02. The Bertz CT molecular complexity index is 893. The van der Waals surface area contributed by atoms with E-state index in [1.807, 2.05) is 67.6 Å². The number of nitrogens with two attached hydrogens (primary N) is 1. The molecule has 1 amide bonds. The third-order valence-electron chi connectivity index (χ3n) is 4.84. The van der Waals surface area contributed by atoms with Crippen molar-refractivity contribution in [3.8, 4) is 0 Å². The summed E-state index contributed by atoms with van der Waals surface area (Å²) >= 11 is 0. The molecule has 3 aromatic rings. The smallest absolute Gasteiger partial charge is 0.223 e. The lowest BCUT2D eigenvalue weighted by atomic mass is 9.98. The summed E-state index contributed by atoms with van der Waals surface area (Å²) in [4.78, 5) is 12.6. The first kappa shape index (κ1) is 19.1. The van der Waals surface area contributed by atoms with E-state index in [0.29, 0.717) is 12.8 Å². The molecule has 27 heavy (non-hydrogen) atoms. The summed E-state index contributed by atoms with van der Waals surface area (Å²) in [6.07, 6.45) is 0.00634. The predicted molar refractivity (Wildman–Crippen MR) is 109 cm³/mol. The first-order valence-corrected chi connectivity index (χ1v) is 9.28. The Morgan fingerprint density at radius 1 is 0.926 bits per heavy atom. The van der Waals surface area contributed by atoms with Crippen LogP contribution in [0.25, 0.3) is 10.8 Å². The first-order valence-electron chi connectivity index (χ1n) is 9.28. The van der Waals surface area contributed by atoms with E-state index in [-0.39, 0.29) is 11.8 Å². The van der Waals surface area contributed by atoms with Gasteiger partial charge >= 0.3 is 0 Å². The number of nitrogens with one attached hydrogen (secondary N) is 1.